The average Bonchev–Trinajstić information content (AvgIpc) is 2.91. The molecule has 21 heavy (non-hydrogen) atoms. The number of carbonyl (C=O) groups is 1. The van der Waals surface area contributed by atoms with E-state index in [1.807, 2.05) is 31.2 Å². The monoisotopic (exact) mass is 292 g/mol. The van der Waals surface area contributed by atoms with E-state index in [-0.39, 0.29) is 12.3 Å². The highest BCUT2D eigenvalue weighted by Crippen LogP contribution is 2.22. The van der Waals surface area contributed by atoms with Crippen LogP contribution in [0.5, 0.6) is 5.75 Å². The topological polar surface area (TPSA) is 69.2 Å². The van der Waals surface area contributed by atoms with Gasteiger partial charge in [0.2, 0.25) is 5.91 Å². The van der Waals surface area contributed by atoms with Gasteiger partial charge in [-0.3, -0.25) is 4.79 Å². The van der Waals surface area contributed by atoms with E-state index in [4.69, 9.17) is 14.2 Å². The molecule has 0 bridgehead atoms. The summed E-state index contributed by atoms with van der Waals surface area (Å²) in [5.41, 5.74) is 4.10. The smallest absolute Gasteiger partial charge is 0.245 e. The van der Waals surface area contributed by atoms with E-state index in [0.29, 0.717) is 18.9 Å². The van der Waals surface area contributed by atoms with E-state index in [2.05, 4.69) is 10.5 Å². The van der Waals surface area contributed by atoms with Crippen LogP contribution >= 0.6 is 0 Å². The fourth-order valence-corrected chi connectivity index (χ4v) is 2.05. The van der Waals surface area contributed by atoms with E-state index in [0.717, 1.165) is 11.3 Å². The minimum atomic E-state index is -0.844. The van der Waals surface area contributed by atoms with Crippen LogP contribution in [0.3, 0.4) is 0 Å². The molecule has 0 atom stereocenters. The quantitative estimate of drug-likeness (QED) is 0.662. The van der Waals surface area contributed by atoms with Crippen LogP contribution in [0.15, 0.2) is 29.4 Å². The van der Waals surface area contributed by atoms with Crippen LogP contribution in [0.4, 0.5) is 0 Å². The van der Waals surface area contributed by atoms with Crippen LogP contribution in [0.25, 0.3) is 0 Å². The van der Waals surface area contributed by atoms with Crippen molar-refractivity contribution in [3.8, 4) is 5.75 Å². The van der Waals surface area contributed by atoms with Gasteiger partial charge in [-0.25, -0.2) is 5.43 Å². The summed E-state index contributed by atoms with van der Waals surface area (Å²) in [5.74, 6) is -0.348. The lowest BCUT2D eigenvalue weighted by atomic mass is 10.1. The first-order chi connectivity index (χ1) is 10.0. The SMILES string of the molecule is COc1cccc(/C(C)=N/NC(=O)CC2(C)OCCO2)c1. The minimum absolute atomic E-state index is 0.113. The van der Waals surface area contributed by atoms with Crippen molar-refractivity contribution < 1.29 is 19.0 Å². The number of hydrogen-bond acceptors (Lipinski definition) is 5. The number of amides is 1. The standard InChI is InChI=1S/C15H20N2O4/c1-11(12-5-4-6-13(9-12)19-3)16-17-14(18)10-15(2)20-7-8-21-15/h4-6,9H,7-8,10H2,1-3H3,(H,17,18)/b16-11+. The Bertz CT molecular complexity index is 536. The summed E-state index contributed by atoms with van der Waals surface area (Å²) in [6, 6.07) is 7.48. The van der Waals surface area contributed by atoms with Crippen molar-refractivity contribution in [1.29, 1.82) is 0 Å². The van der Waals surface area contributed by atoms with Gasteiger partial charge in [-0.1, -0.05) is 12.1 Å². The normalized spacial score (nSPS) is 17.6. The van der Waals surface area contributed by atoms with Crippen molar-refractivity contribution in [2.75, 3.05) is 20.3 Å². The summed E-state index contributed by atoms with van der Waals surface area (Å²) in [4.78, 5) is 11.9. The second-order valence-electron chi connectivity index (χ2n) is 4.97. The molecule has 1 aromatic rings. The zero-order valence-electron chi connectivity index (χ0n) is 12.5. The van der Waals surface area contributed by atoms with Crippen LogP contribution in [0, 0.1) is 0 Å². The van der Waals surface area contributed by atoms with Crippen LogP contribution in [-0.2, 0) is 14.3 Å². The number of nitrogens with one attached hydrogen (secondary N) is 1. The zero-order chi connectivity index (χ0) is 15.3. The Morgan fingerprint density at radius 1 is 1.43 bits per heavy atom. The molecule has 1 aliphatic rings. The van der Waals surface area contributed by atoms with Crippen LogP contribution in [0.1, 0.15) is 25.8 Å². The molecule has 1 aliphatic heterocycles. The number of carbonyl (C=O) groups excluding carboxylic acids is 1. The average molecular weight is 292 g/mol. The number of ether oxygens (including phenoxy) is 3. The van der Waals surface area contributed by atoms with Gasteiger partial charge >= 0.3 is 0 Å². The Morgan fingerprint density at radius 3 is 2.81 bits per heavy atom. The van der Waals surface area contributed by atoms with E-state index in [1.165, 1.54) is 0 Å². The Balaban J connectivity index is 1.94. The largest absolute Gasteiger partial charge is 0.497 e. The molecule has 1 saturated heterocycles. The number of nitrogens with zero attached hydrogens (tertiary/aromatic N) is 1. The molecule has 1 fully saturated rings. The van der Waals surface area contributed by atoms with Gasteiger partial charge in [-0.15, -0.1) is 0 Å². The molecule has 0 unspecified atom stereocenters. The lowest BCUT2D eigenvalue weighted by Crippen LogP contribution is -2.33. The number of methoxy groups -OCH3 is 1. The van der Waals surface area contributed by atoms with E-state index in [9.17, 15) is 4.79 Å². The summed E-state index contributed by atoms with van der Waals surface area (Å²) in [5, 5.41) is 4.09. The highest BCUT2D eigenvalue weighted by atomic mass is 16.7. The molecule has 1 aromatic carbocycles. The molecule has 2 rings (SSSR count). The summed E-state index contributed by atoms with van der Waals surface area (Å²) in [6.45, 7) is 4.59. The Kier molecular flexibility index (Phi) is 4.93. The molecule has 0 spiro atoms. The third-order valence-corrected chi connectivity index (χ3v) is 3.22. The van der Waals surface area contributed by atoms with Gasteiger partial charge < -0.3 is 14.2 Å². The van der Waals surface area contributed by atoms with Gasteiger partial charge in [-0.2, -0.15) is 5.10 Å². The second kappa shape index (κ2) is 6.69. The maximum absolute atomic E-state index is 11.9. The highest BCUT2D eigenvalue weighted by Gasteiger charge is 2.33. The van der Waals surface area contributed by atoms with E-state index >= 15 is 0 Å². The van der Waals surface area contributed by atoms with Crippen molar-refractivity contribution in [2.24, 2.45) is 5.10 Å². The van der Waals surface area contributed by atoms with Gasteiger partial charge in [0.1, 0.15) is 5.75 Å². The van der Waals surface area contributed by atoms with Crippen LogP contribution in [-0.4, -0.2) is 37.7 Å². The lowest BCUT2D eigenvalue weighted by molar-refractivity contribution is -0.159. The maximum Gasteiger partial charge on any atom is 0.245 e. The number of rotatable bonds is 5. The molecule has 0 aliphatic carbocycles. The zero-order valence-corrected chi connectivity index (χ0v) is 12.5. The minimum Gasteiger partial charge on any atom is -0.497 e. The third kappa shape index (κ3) is 4.27. The van der Waals surface area contributed by atoms with Crippen molar-refractivity contribution in [3.05, 3.63) is 29.8 Å². The van der Waals surface area contributed by atoms with Gasteiger partial charge in [-0.05, 0) is 26.0 Å². The molecule has 6 nitrogen and oxygen atoms in total. The van der Waals surface area contributed by atoms with Crippen LogP contribution in [0.2, 0.25) is 0 Å². The first-order valence-corrected chi connectivity index (χ1v) is 6.78. The van der Waals surface area contributed by atoms with E-state index in [1.54, 1.807) is 14.0 Å². The number of benzene rings is 1. The first-order valence-electron chi connectivity index (χ1n) is 6.78. The lowest BCUT2D eigenvalue weighted by Gasteiger charge is -2.20. The van der Waals surface area contributed by atoms with Crippen LogP contribution < -0.4 is 10.2 Å². The molecule has 1 amide bonds. The van der Waals surface area contributed by atoms with Gasteiger partial charge in [0.25, 0.3) is 0 Å². The second-order valence-corrected chi connectivity index (χ2v) is 4.97. The predicted octanol–water partition coefficient (Wildman–Crippen LogP) is 1.69. The Hall–Kier alpha value is -1.92. The molecule has 0 saturated carbocycles. The molecule has 1 heterocycles. The van der Waals surface area contributed by atoms with Gasteiger partial charge in [0.05, 0.1) is 32.5 Å². The number of hydrogen-bond donors (Lipinski definition) is 1. The van der Waals surface area contributed by atoms with Gasteiger partial charge in [0, 0.05) is 5.56 Å². The molecule has 1 N–H and O–H groups in total. The maximum atomic E-state index is 11.9. The van der Waals surface area contributed by atoms with Crippen molar-refractivity contribution in [2.45, 2.75) is 26.1 Å². The first kappa shape index (κ1) is 15.5. The Morgan fingerprint density at radius 2 is 2.14 bits per heavy atom. The summed E-state index contributed by atoms with van der Waals surface area (Å²) in [6.07, 6.45) is 0.113. The summed E-state index contributed by atoms with van der Waals surface area (Å²) in [7, 11) is 1.61. The molecule has 6 heteroatoms. The highest BCUT2D eigenvalue weighted by molar-refractivity contribution is 5.99. The number of hydrazone groups is 1. The van der Waals surface area contributed by atoms with Crippen molar-refractivity contribution in [1.82, 2.24) is 5.43 Å². The fourth-order valence-electron chi connectivity index (χ4n) is 2.05. The van der Waals surface area contributed by atoms with Crippen molar-refractivity contribution >= 4 is 11.6 Å². The van der Waals surface area contributed by atoms with Gasteiger partial charge in [0.15, 0.2) is 5.79 Å². The molecule has 114 valence electrons. The molecule has 0 radical (unpaired) electrons. The fraction of sp³-hybridized carbons (Fsp3) is 0.467. The summed E-state index contributed by atoms with van der Waals surface area (Å²) >= 11 is 0. The predicted molar refractivity (Wildman–Crippen MR) is 78.3 cm³/mol. The molecular weight excluding hydrogens is 272 g/mol. The third-order valence-electron chi connectivity index (χ3n) is 3.22. The molecule has 0 aromatic heterocycles. The summed E-state index contributed by atoms with van der Waals surface area (Å²) < 4.78 is 15.9. The van der Waals surface area contributed by atoms with E-state index < -0.39 is 5.79 Å². The van der Waals surface area contributed by atoms with Crippen molar-refractivity contribution in [3.63, 3.8) is 0 Å². The molecular formula is C15H20N2O4. The Labute approximate surface area is 124 Å².